The van der Waals surface area contributed by atoms with Crippen LogP contribution in [0.2, 0.25) is 0 Å². The van der Waals surface area contributed by atoms with E-state index >= 15 is 0 Å². The molecule has 0 saturated heterocycles. The molecule has 0 bridgehead atoms. The molecule has 58 heavy (non-hydrogen) atoms. The van der Waals surface area contributed by atoms with Crippen LogP contribution < -0.4 is 0 Å². The smallest absolute Gasteiger partial charge is 0.211 e. The molecule has 2 heteroatoms. The zero-order chi connectivity index (χ0) is 41.6. The first-order valence-corrected chi connectivity index (χ1v) is 25.7. The van der Waals surface area contributed by atoms with Gasteiger partial charge < -0.3 is 5.53 Å². The minimum absolute atomic E-state index is 1.03. The molecule has 1 aliphatic heterocycles. The average molecular weight is 793 g/mol. The van der Waals surface area contributed by atoms with Crippen molar-refractivity contribution in [2.45, 2.75) is 260 Å². The van der Waals surface area contributed by atoms with E-state index in [2.05, 4.69) is 77.9 Å². The molecule has 326 valence electrons. The first kappa shape index (κ1) is 49.9. The van der Waals surface area contributed by atoms with Crippen molar-refractivity contribution in [3.05, 3.63) is 86.5 Å². The van der Waals surface area contributed by atoms with Gasteiger partial charge in [-0.25, -0.2) is 4.70 Å². The van der Waals surface area contributed by atoms with Crippen LogP contribution in [0.4, 0.5) is 0 Å². The summed E-state index contributed by atoms with van der Waals surface area (Å²) >= 11 is 0. The van der Waals surface area contributed by atoms with Gasteiger partial charge in [0.25, 0.3) is 0 Å². The van der Waals surface area contributed by atoms with Gasteiger partial charge in [-0.3, -0.25) is 0 Å². The molecule has 0 spiro atoms. The molecule has 0 amide bonds. The Morgan fingerprint density at radius 2 is 0.534 bits per heavy atom. The number of unbranched alkanes of at least 4 members (excludes halogenated alkanes) is 22. The Balaban J connectivity index is 1.93. The van der Waals surface area contributed by atoms with Gasteiger partial charge in [-0.1, -0.05) is 195 Å². The molecule has 0 saturated carbocycles. The largest absolute Gasteiger partial charge is 0.493 e. The standard InChI is InChI=1S/C56H92N2/c1-7-13-19-21-23-25-27-29-31-33-37-49-42-50(38-34-32-30-28-26-24-22-20-14-8-2)46-52(45-49)56-54(40-18-12-6)53(39-17-11-5)55(58(56)57)51-43-47(35-15-9-3)41-48(44-51)36-16-10-4/h41-46H,7-40H2,1-6H3. The van der Waals surface area contributed by atoms with Crippen LogP contribution in [0.3, 0.4) is 0 Å². The maximum Gasteiger partial charge on any atom is 0.211 e. The molecule has 2 aromatic rings. The summed E-state index contributed by atoms with van der Waals surface area (Å²) in [5, 5.41) is 0. The van der Waals surface area contributed by atoms with Gasteiger partial charge in [0, 0.05) is 22.3 Å². The van der Waals surface area contributed by atoms with Crippen LogP contribution in [0.15, 0.2) is 47.5 Å². The lowest BCUT2D eigenvalue weighted by Crippen LogP contribution is -2.05. The number of rotatable bonds is 36. The molecular formula is C56H92N2. The van der Waals surface area contributed by atoms with Crippen molar-refractivity contribution in [3.8, 4) is 0 Å². The molecule has 1 aliphatic rings. The summed E-state index contributed by atoms with van der Waals surface area (Å²) in [4.78, 5) is 0. The van der Waals surface area contributed by atoms with Gasteiger partial charge in [0.15, 0.2) is 0 Å². The summed E-state index contributed by atoms with van der Waals surface area (Å²) in [6, 6.07) is 14.8. The SMILES string of the molecule is CCCCCCCCCCCCc1cc(CCCCCCCCCCCC)cc(C2=C(CCCC)C(CCCC)=C(c3cc(CCCC)cc(CCCC)c3)[N+]2=[N-])c1. The Morgan fingerprint density at radius 1 is 0.293 bits per heavy atom. The fraction of sp³-hybridized carbons (Fsp3) is 0.714. The van der Waals surface area contributed by atoms with Crippen LogP contribution in [0.5, 0.6) is 0 Å². The van der Waals surface area contributed by atoms with Crippen LogP contribution in [0.25, 0.3) is 16.9 Å². The quantitative estimate of drug-likeness (QED) is 0.0485. The molecule has 0 atom stereocenters. The summed E-state index contributed by atoms with van der Waals surface area (Å²) < 4.78 is 1.68. The number of nitrogens with zero attached hydrogens (tertiary/aromatic N) is 2. The minimum Gasteiger partial charge on any atom is -0.493 e. The summed E-state index contributed by atoms with van der Waals surface area (Å²) in [6.07, 6.45) is 43.4. The van der Waals surface area contributed by atoms with Crippen LogP contribution >= 0.6 is 0 Å². The predicted octanol–water partition coefficient (Wildman–Crippen LogP) is 18.8. The zero-order valence-corrected chi connectivity index (χ0v) is 39.4. The molecule has 0 radical (unpaired) electrons. The average Bonchev–Trinajstić information content (AvgIpc) is 3.51. The molecule has 0 unspecified atom stereocenters. The van der Waals surface area contributed by atoms with Crippen molar-refractivity contribution < 1.29 is 4.70 Å². The molecule has 3 rings (SSSR count). The van der Waals surface area contributed by atoms with Crippen LogP contribution in [-0.2, 0) is 25.7 Å². The zero-order valence-electron chi connectivity index (χ0n) is 39.4. The summed E-state index contributed by atoms with van der Waals surface area (Å²) in [7, 11) is 0. The molecule has 0 N–H and O–H groups in total. The number of hydrogen-bond acceptors (Lipinski definition) is 0. The highest BCUT2D eigenvalue weighted by Gasteiger charge is 2.35. The van der Waals surface area contributed by atoms with Crippen molar-refractivity contribution in [2.24, 2.45) is 0 Å². The van der Waals surface area contributed by atoms with Gasteiger partial charge in [0.2, 0.25) is 11.4 Å². The maximum absolute atomic E-state index is 12.7. The van der Waals surface area contributed by atoms with Gasteiger partial charge in [-0.05, 0) is 124 Å². The van der Waals surface area contributed by atoms with Gasteiger partial charge in [0.05, 0.1) is 0 Å². The Labute approximate surface area is 361 Å². The number of benzene rings is 2. The fourth-order valence-electron chi connectivity index (χ4n) is 9.26. The Bertz CT molecular complexity index is 1400. The Morgan fingerprint density at radius 3 is 0.828 bits per heavy atom. The van der Waals surface area contributed by atoms with Crippen molar-refractivity contribution in [1.82, 2.24) is 0 Å². The highest BCUT2D eigenvalue weighted by Crippen LogP contribution is 2.45. The molecule has 2 nitrogen and oxygen atoms in total. The van der Waals surface area contributed by atoms with E-state index in [1.807, 2.05) is 0 Å². The molecule has 0 aliphatic carbocycles. The summed E-state index contributed by atoms with van der Waals surface area (Å²) in [5.74, 6) is 0. The van der Waals surface area contributed by atoms with Gasteiger partial charge >= 0.3 is 0 Å². The van der Waals surface area contributed by atoms with Crippen LogP contribution in [-0.4, -0.2) is 4.70 Å². The number of hydrogen-bond donors (Lipinski definition) is 0. The lowest BCUT2D eigenvalue weighted by atomic mass is 9.90. The van der Waals surface area contributed by atoms with Gasteiger partial charge in [-0.2, -0.15) is 0 Å². The highest BCUT2D eigenvalue weighted by molar-refractivity contribution is 5.82. The van der Waals surface area contributed by atoms with E-state index in [0.717, 1.165) is 75.6 Å². The summed E-state index contributed by atoms with van der Waals surface area (Å²) in [5.41, 5.74) is 25.9. The monoisotopic (exact) mass is 793 g/mol. The van der Waals surface area contributed by atoms with Gasteiger partial charge in [-0.15, -0.1) is 0 Å². The number of allylic oxidation sites excluding steroid dienone is 2. The molecule has 0 fully saturated rings. The highest BCUT2D eigenvalue weighted by atomic mass is 15.2. The van der Waals surface area contributed by atoms with Crippen molar-refractivity contribution in [3.63, 3.8) is 0 Å². The van der Waals surface area contributed by atoms with E-state index in [0.29, 0.717) is 0 Å². The number of aryl methyl sites for hydroxylation is 4. The first-order chi connectivity index (χ1) is 28.5. The second-order valence-electron chi connectivity index (χ2n) is 18.3. The summed E-state index contributed by atoms with van der Waals surface area (Å²) in [6.45, 7) is 13.8. The Hall–Kier alpha value is -2.48. The first-order valence-electron chi connectivity index (χ1n) is 25.7. The molecule has 2 aromatic carbocycles. The van der Waals surface area contributed by atoms with E-state index in [-0.39, 0.29) is 0 Å². The van der Waals surface area contributed by atoms with Crippen molar-refractivity contribution in [2.75, 3.05) is 0 Å². The third kappa shape index (κ3) is 18.4. The minimum atomic E-state index is 1.03. The predicted molar refractivity (Wildman–Crippen MR) is 258 cm³/mol. The lowest BCUT2D eigenvalue weighted by Gasteiger charge is -2.15. The van der Waals surface area contributed by atoms with Crippen molar-refractivity contribution >= 4 is 11.4 Å². The third-order valence-electron chi connectivity index (χ3n) is 12.8. The fourth-order valence-corrected chi connectivity index (χ4v) is 9.26. The second-order valence-corrected chi connectivity index (χ2v) is 18.3. The van der Waals surface area contributed by atoms with Crippen LogP contribution in [0.1, 0.15) is 268 Å². The van der Waals surface area contributed by atoms with Crippen molar-refractivity contribution in [1.29, 1.82) is 0 Å². The topological polar surface area (TPSA) is 25.3 Å². The lowest BCUT2D eigenvalue weighted by molar-refractivity contribution is -0.345. The van der Waals surface area contributed by atoms with E-state index in [1.54, 1.807) is 4.70 Å². The maximum atomic E-state index is 12.7. The van der Waals surface area contributed by atoms with E-state index in [1.165, 1.54) is 199 Å². The molecule has 1 heterocycles. The normalized spacial score (nSPS) is 13.2. The van der Waals surface area contributed by atoms with E-state index in [4.69, 9.17) is 0 Å². The van der Waals surface area contributed by atoms with E-state index in [9.17, 15) is 5.53 Å². The van der Waals surface area contributed by atoms with Crippen LogP contribution in [0, 0.1) is 0 Å². The van der Waals surface area contributed by atoms with E-state index < -0.39 is 0 Å². The Kier molecular flexibility index (Phi) is 27.0. The second kappa shape index (κ2) is 31.4. The molecular weight excluding hydrogens is 701 g/mol. The van der Waals surface area contributed by atoms with Gasteiger partial charge in [0.1, 0.15) is 0 Å². The molecule has 0 aromatic heterocycles. The third-order valence-corrected chi connectivity index (χ3v) is 12.8.